The number of benzene rings is 1. The first kappa shape index (κ1) is 14.0. The zero-order chi connectivity index (χ0) is 14.8. The van der Waals surface area contributed by atoms with E-state index in [1.807, 2.05) is 0 Å². The molecule has 0 saturated heterocycles. The monoisotopic (exact) mass is 291 g/mol. The second-order valence-electron chi connectivity index (χ2n) is 3.98. The molecule has 0 bridgehead atoms. The number of aromatic nitrogens is 1. The highest BCUT2D eigenvalue weighted by atomic mass is 32.2. The third kappa shape index (κ3) is 2.60. The summed E-state index contributed by atoms with van der Waals surface area (Å²) < 4.78 is 40.1. The van der Waals surface area contributed by atoms with Crippen molar-refractivity contribution in [3.63, 3.8) is 0 Å². The maximum atomic E-state index is 13.4. The van der Waals surface area contributed by atoms with Crippen molar-refractivity contribution >= 4 is 15.7 Å². The van der Waals surface area contributed by atoms with Gasteiger partial charge in [0.05, 0.1) is 5.69 Å². The van der Waals surface area contributed by atoms with Gasteiger partial charge in [0.2, 0.25) is 0 Å². The van der Waals surface area contributed by atoms with Crippen LogP contribution in [0.2, 0.25) is 0 Å². The van der Waals surface area contributed by atoms with E-state index in [-0.39, 0.29) is 21.8 Å². The molecular weight excluding hydrogens is 281 g/mol. The van der Waals surface area contributed by atoms with Crippen LogP contribution >= 0.6 is 0 Å². The lowest BCUT2D eigenvalue weighted by atomic mass is 10.2. The molecule has 5 nitrogen and oxygen atoms in total. The van der Waals surface area contributed by atoms with Crippen LogP contribution in [0.25, 0.3) is 0 Å². The van der Waals surface area contributed by atoms with E-state index in [1.165, 1.54) is 43.5 Å². The van der Waals surface area contributed by atoms with Gasteiger partial charge in [-0.1, -0.05) is 6.07 Å². The summed E-state index contributed by atoms with van der Waals surface area (Å²) in [4.78, 5) is 3.45. The molecule has 2 aromatic rings. The van der Waals surface area contributed by atoms with Gasteiger partial charge in [-0.15, -0.1) is 0 Å². The van der Waals surface area contributed by atoms with Gasteiger partial charge < -0.3 is 0 Å². The molecule has 7 heteroatoms. The summed E-state index contributed by atoms with van der Waals surface area (Å²) >= 11 is 0. The topological polar surface area (TPSA) is 82.8 Å². The molecule has 0 aliphatic carbocycles. The summed E-state index contributed by atoms with van der Waals surface area (Å²) in [5.74, 6) is -0.517. The molecule has 2 rings (SSSR count). The van der Waals surface area contributed by atoms with Gasteiger partial charge in [-0.3, -0.25) is 4.72 Å². The predicted molar refractivity (Wildman–Crippen MR) is 70.9 cm³/mol. The van der Waals surface area contributed by atoms with Crippen molar-refractivity contribution in [1.82, 2.24) is 4.98 Å². The molecule has 0 spiro atoms. The lowest BCUT2D eigenvalue weighted by Crippen LogP contribution is -2.16. The fourth-order valence-corrected chi connectivity index (χ4v) is 2.84. The fraction of sp³-hybridized carbons (Fsp3) is 0.0769. The molecule has 0 amide bonds. The van der Waals surface area contributed by atoms with Crippen LogP contribution in [0.4, 0.5) is 10.1 Å². The zero-order valence-corrected chi connectivity index (χ0v) is 11.3. The summed E-state index contributed by atoms with van der Waals surface area (Å²) in [5.41, 5.74) is 0.0882. The molecule has 0 radical (unpaired) electrons. The maximum absolute atomic E-state index is 13.4. The first-order valence-corrected chi connectivity index (χ1v) is 7.07. The first-order chi connectivity index (χ1) is 9.45. The summed E-state index contributed by atoms with van der Waals surface area (Å²) in [6.07, 6.45) is 1.32. The van der Waals surface area contributed by atoms with E-state index in [1.54, 1.807) is 6.07 Å². The molecule has 0 unspecified atom stereocenters. The highest BCUT2D eigenvalue weighted by molar-refractivity contribution is 7.92. The minimum absolute atomic E-state index is 0.123. The number of nitrogens with one attached hydrogen (secondary N) is 1. The average molecular weight is 291 g/mol. The average Bonchev–Trinajstić information content (AvgIpc) is 2.43. The highest BCUT2D eigenvalue weighted by Gasteiger charge is 2.20. The number of hydrogen-bond donors (Lipinski definition) is 1. The lowest BCUT2D eigenvalue weighted by Gasteiger charge is -2.11. The predicted octanol–water partition coefficient (Wildman–Crippen LogP) is 2.20. The van der Waals surface area contributed by atoms with E-state index in [2.05, 4.69) is 9.71 Å². The Kier molecular flexibility index (Phi) is 3.68. The van der Waals surface area contributed by atoms with Crippen LogP contribution in [-0.2, 0) is 10.0 Å². The van der Waals surface area contributed by atoms with Crippen LogP contribution in [0.5, 0.6) is 0 Å². The maximum Gasteiger partial charge on any atom is 0.264 e. The summed E-state index contributed by atoms with van der Waals surface area (Å²) in [7, 11) is -4.00. The number of rotatable bonds is 3. The van der Waals surface area contributed by atoms with Crippen LogP contribution in [0.3, 0.4) is 0 Å². The third-order valence-electron chi connectivity index (χ3n) is 2.68. The molecule has 1 aromatic heterocycles. The Morgan fingerprint density at radius 3 is 2.75 bits per heavy atom. The normalized spacial score (nSPS) is 10.8. The van der Waals surface area contributed by atoms with Crippen molar-refractivity contribution in [2.24, 2.45) is 0 Å². The molecular formula is C13H10FN3O2S. The van der Waals surface area contributed by atoms with Gasteiger partial charge >= 0.3 is 0 Å². The number of sulfonamides is 1. The molecule has 1 aromatic carbocycles. The molecule has 0 atom stereocenters. The van der Waals surface area contributed by atoms with Crippen LogP contribution < -0.4 is 4.72 Å². The zero-order valence-electron chi connectivity index (χ0n) is 10.5. The number of pyridine rings is 1. The fourth-order valence-electron chi connectivity index (χ4n) is 1.61. The third-order valence-corrected chi connectivity index (χ3v) is 4.08. The molecule has 0 aliphatic heterocycles. The molecule has 1 N–H and O–H groups in total. The van der Waals surface area contributed by atoms with Crippen molar-refractivity contribution in [2.45, 2.75) is 11.8 Å². The number of nitrogens with zero attached hydrogens (tertiary/aromatic N) is 2. The summed E-state index contributed by atoms with van der Waals surface area (Å²) in [5, 5.41) is 8.88. The van der Waals surface area contributed by atoms with Crippen LogP contribution in [0.1, 0.15) is 11.3 Å². The number of nitriles is 1. The smallest absolute Gasteiger partial charge is 0.264 e. The van der Waals surface area contributed by atoms with E-state index in [9.17, 15) is 12.8 Å². The van der Waals surface area contributed by atoms with Crippen LogP contribution in [0.15, 0.2) is 41.4 Å². The minimum atomic E-state index is -4.00. The number of anilines is 1. The Labute approximate surface area is 115 Å². The second kappa shape index (κ2) is 5.27. The Hall–Kier alpha value is -2.46. The van der Waals surface area contributed by atoms with Crippen molar-refractivity contribution in [1.29, 1.82) is 5.26 Å². The van der Waals surface area contributed by atoms with E-state index < -0.39 is 15.8 Å². The van der Waals surface area contributed by atoms with Crippen molar-refractivity contribution in [3.05, 3.63) is 53.6 Å². The first-order valence-electron chi connectivity index (χ1n) is 5.59. The summed E-state index contributed by atoms with van der Waals surface area (Å²) in [6, 6.07) is 8.46. The standard InChI is InChI=1S/C13H10FN3O2S/c1-9-10(14)4-2-5-11(9)17-20(18,19)13-6-3-7-16-12(13)8-15/h2-7,17H,1H3. The van der Waals surface area contributed by atoms with Crippen LogP contribution in [-0.4, -0.2) is 13.4 Å². The van der Waals surface area contributed by atoms with E-state index in [4.69, 9.17) is 5.26 Å². The van der Waals surface area contributed by atoms with Gasteiger partial charge in [0, 0.05) is 11.8 Å². The quantitative estimate of drug-likeness (QED) is 0.939. The largest absolute Gasteiger partial charge is 0.279 e. The van der Waals surface area contributed by atoms with E-state index in [0.717, 1.165) is 0 Å². The van der Waals surface area contributed by atoms with Gasteiger partial charge in [-0.25, -0.2) is 17.8 Å². The van der Waals surface area contributed by atoms with Gasteiger partial charge in [-0.05, 0) is 31.2 Å². The second-order valence-corrected chi connectivity index (χ2v) is 5.63. The highest BCUT2D eigenvalue weighted by Crippen LogP contribution is 2.22. The van der Waals surface area contributed by atoms with Crippen molar-refractivity contribution in [3.8, 4) is 6.07 Å². The Morgan fingerprint density at radius 2 is 2.05 bits per heavy atom. The minimum Gasteiger partial charge on any atom is -0.279 e. The Balaban J connectivity index is 2.47. The number of hydrogen-bond acceptors (Lipinski definition) is 4. The van der Waals surface area contributed by atoms with Crippen molar-refractivity contribution < 1.29 is 12.8 Å². The van der Waals surface area contributed by atoms with Gasteiger partial charge in [0.25, 0.3) is 10.0 Å². The molecule has 1 heterocycles. The molecule has 0 aliphatic rings. The van der Waals surface area contributed by atoms with Gasteiger partial charge in [0.15, 0.2) is 5.69 Å². The van der Waals surface area contributed by atoms with Crippen LogP contribution in [0, 0.1) is 24.1 Å². The lowest BCUT2D eigenvalue weighted by molar-refractivity contribution is 0.600. The van der Waals surface area contributed by atoms with E-state index in [0.29, 0.717) is 0 Å². The summed E-state index contributed by atoms with van der Waals surface area (Å²) in [6.45, 7) is 1.46. The molecule has 0 saturated carbocycles. The molecule has 102 valence electrons. The Bertz CT molecular complexity index is 798. The number of halogens is 1. The van der Waals surface area contributed by atoms with Gasteiger partial charge in [0.1, 0.15) is 16.8 Å². The SMILES string of the molecule is Cc1c(F)cccc1NS(=O)(=O)c1cccnc1C#N. The molecule has 0 fully saturated rings. The van der Waals surface area contributed by atoms with E-state index >= 15 is 0 Å². The van der Waals surface area contributed by atoms with Gasteiger partial charge in [-0.2, -0.15) is 5.26 Å². The molecule has 20 heavy (non-hydrogen) atoms. The Morgan fingerprint density at radius 1 is 1.30 bits per heavy atom. The van der Waals surface area contributed by atoms with Crippen molar-refractivity contribution in [2.75, 3.05) is 4.72 Å².